The molecule has 0 bridgehead atoms. The van der Waals surface area contributed by atoms with Crippen LogP contribution in [0.3, 0.4) is 0 Å². The van der Waals surface area contributed by atoms with Gasteiger partial charge in [0.15, 0.2) is 0 Å². The molecule has 1 aromatic carbocycles. The van der Waals surface area contributed by atoms with E-state index in [9.17, 15) is 4.79 Å². The van der Waals surface area contributed by atoms with Crippen molar-refractivity contribution in [3.05, 3.63) is 35.0 Å². The van der Waals surface area contributed by atoms with Crippen molar-refractivity contribution in [2.75, 3.05) is 13.1 Å². The molecule has 18 heavy (non-hydrogen) atoms. The fourth-order valence-corrected chi connectivity index (χ4v) is 2.04. The molecule has 1 amide bonds. The highest BCUT2D eigenvalue weighted by molar-refractivity contribution is 6.31. The maximum absolute atomic E-state index is 11.7. The molecule has 0 radical (unpaired) electrons. The smallest absolute Gasteiger partial charge is 0.224 e. The molecule has 0 aliphatic rings. The van der Waals surface area contributed by atoms with Gasteiger partial charge in [-0.2, -0.15) is 0 Å². The predicted octanol–water partition coefficient (Wildman–Crippen LogP) is 1.83. The second-order valence-corrected chi connectivity index (χ2v) is 4.61. The number of nitrogens with one attached hydrogen (secondary N) is 2. The molecule has 0 fully saturated rings. The Labute approximate surface area is 111 Å². The number of halogens is 1. The van der Waals surface area contributed by atoms with Crippen LogP contribution in [0, 0.1) is 0 Å². The van der Waals surface area contributed by atoms with Crippen molar-refractivity contribution in [2.45, 2.75) is 12.8 Å². The van der Waals surface area contributed by atoms with Crippen LogP contribution in [0.4, 0.5) is 0 Å². The van der Waals surface area contributed by atoms with E-state index in [1.165, 1.54) is 0 Å². The second kappa shape index (κ2) is 5.89. The molecule has 2 aromatic rings. The van der Waals surface area contributed by atoms with Gasteiger partial charge in [-0.05, 0) is 30.7 Å². The lowest BCUT2D eigenvalue weighted by atomic mass is 10.1. The van der Waals surface area contributed by atoms with E-state index in [0.29, 0.717) is 24.5 Å². The molecule has 0 atom stereocenters. The van der Waals surface area contributed by atoms with Gasteiger partial charge >= 0.3 is 0 Å². The van der Waals surface area contributed by atoms with Crippen LogP contribution in [0.2, 0.25) is 5.02 Å². The number of nitrogens with two attached hydrogens (primary N) is 1. The SMILES string of the molecule is NCCCNC(=O)Cc1c[nH]c2cc(Cl)ccc12. The zero-order valence-corrected chi connectivity index (χ0v) is 10.8. The Morgan fingerprint density at radius 3 is 3.06 bits per heavy atom. The van der Waals surface area contributed by atoms with Gasteiger partial charge in [-0.1, -0.05) is 17.7 Å². The van der Waals surface area contributed by atoms with Crippen molar-refractivity contribution in [3.8, 4) is 0 Å². The Kier molecular flexibility index (Phi) is 4.23. The molecule has 1 heterocycles. The predicted molar refractivity (Wildman–Crippen MR) is 73.7 cm³/mol. The van der Waals surface area contributed by atoms with Crippen molar-refractivity contribution >= 4 is 28.4 Å². The van der Waals surface area contributed by atoms with Crippen molar-refractivity contribution in [1.29, 1.82) is 0 Å². The van der Waals surface area contributed by atoms with Gasteiger partial charge in [0.05, 0.1) is 6.42 Å². The van der Waals surface area contributed by atoms with Crippen molar-refractivity contribution in [1.82, 2.24) is 10.3 Å². The van der Waals surface area contributed by atoms with Gasteiger partial charge in [0, 0.05) is 28.7 Å². The lowest BCUT2D eigenvalue weighted by molar-refractivity contribution is -0.120. The summed E-state index contributed by atoms with van der Waals surface area (Å²) in [5.41, 5.74) is 7.30. The molecular formula is C13H16ClN3O. The summed E-state index contributed by atoms with van der Waals surface area (Å²) in [7, 11) is 0. The number of rotatable bonds is 5. The Morgan fingerprint density at radius 2 is 2.28 bits per heavy atom. The molecule has 96 valence electrons. The lowest BCUT2D eigenvalue weighted by Crippen LogP contribution is -2.27. The van der Waals surface area contributed by atoms with Crippen molar-refractivity contribution in [2.24, 2.45) is 5.73 Å². The number of carbonyl (C=O) groups excluding carboxylic acids is 1. The molecule has 0 saturated heterocycles. The number of aromatic nitrogens is 1. The number of amides is 1. The lowest BCUT2D eigenvalue weighted by Gasteiger charge is -2.03. The number of fused-ring (bicyclic) bond motifs is 1. The molecule has 0 saturated carbocycles. The molecule has 0 aliphatic heterocycles. The summed E-state index contributed by atoms with van der Waals surface area (Å²) in [6.07, 6.45) is 3.02. The number of hydrogen-bond acceptors (Lipinski definition) is 2. The van der Waals surface area contributed by atoms with Gasteiger partial charge in [0.25, 0.3) is 0 Å². The molecule has 4 nitrogen and oxygen atoms in total. The maximum atomic E-state index is 11.7. The molecular weight excluding hydrogens is 250 g/mol. The van der Waals surface area contributed by atoms with E-state index >= 15 is 0 Å². The first-order valence-electron chi connectivity index (χ1n) is 5.93. The molecule has 4 N–H and O–H groups in total. The Bertz CT molecular complexity index is 550. The number of carbonyl (C=O) groups is 1. The molecule has 5 heteroatoms. The highest BCUT2D eigenvalue weighted by Crippen LogP contribution is 2.22. The van der Waals surface area contributed by atoms with Crippen LogP contribution in [-0.2, 0) is 11.2 Å². The largest absolute Gasteiger partial charge is 0.361 e. The minimum absolute atomic E-state index is 0.0132. The quantitative estimate of drug-likeness (QED) is 0.722. The standard InChI is InChI=1S/C13H16ClN3O/c14-10-2-3-11-9(8-17-12(11)7-10)6-13(18)16-5-1-4-15/h2-3,7-8,17H,1,4-6,15H2,(H,16,18). The van der Waals surface area contributed by atoms with Gasteiger partial charge < -0.3 is 16.0 Å². The Hall–Kier alpha value is -1.52. The summed E-state index contributed by atoms with van der Waals surface area (Å²) < 4.78 is 0. The Balaban J connectivity index is 2.05. The number of H-pyrrole nitrogens is 1. The zero-order valence-electron chi connectivity index (χ0n) is 10.0. The van der Waals surface area contributed by atoms with E-state index in [0.717, 1.165) is 22.9 Å². The number of aromatic amines is 1. The summed E-state index contributed by atoms with van der Waals surface area (Å²) in [5, 5.41) is 4.56. The highest BCUT2D eigenvalue weighted by Gasteiger charge is 2.08. The monoisotopic (exact) mass is 265 g/mol. The van der Waals surface area contributed by atoms with E-state index in [1.54, 1.807) is 0 Å². The summed E-state index contributed by atoms with van der Waals surface area (Å²) >= 11 is 5.91. The van der Waals surface area contributed by atoms with E-state index in [-0.39, 0.29) is 5.91 Å². The summed E-state index contributed by atoms with van der Waals surface area (Å²) in [4.78, 5) is 14.8. The van der Waals surface area contributed by atoms with Gasteiger partial charge in [-0.25, -0.2) is 0 Å². The van der Waals surface area contributed by atoms with E-state index in [2.05, 4.69) is 10.3 Å². The number of hydrogen-bond donors (Lipinski definition) is 3. The molecule has 0 aliphatic carbocycles. The third kappa shape index (κ3) is 3.03. The van der Waals surface area contributed by atoms with E-state index < -0.39 is 0 Å². The Morgan fingerprint density at radius 1 is 1.44 bits per heavy atom. The first-order valence-corrected chi connectivity index (χ1v) is 6.31. The van der Waals surface area contributed by atoms with Crippen LogP contribution < -0.4 is 11.1 Å². The fourth-order valence-electron chi connectivity index (χ4n) is 1.87. The normalized spacial score (nSPS) is 10.8. The summed E-state index contributed by atoms with van der Waals surface area (Å²) in [6, 6.07) is 5.61. The topological polar surface area (TPSA) is 70.9 Å². The van der Waals surface area contributed by atoms with Gasteiger partial charge in [-0.15, -0.1) is 0 Å². The van der Waals surface area contributed by atoms with Crippen molar-refractivity contribution < 1.29 is 4.79 Å². The molecule has 0 spiro atoms. The summed E-state index contributed by atoms with van der Waals surface area (Å²) in [5.74, 6) is 0.0132. The van der Waals surface area contributed by atoms with Crippen LogP contribution in [0.5, 0.6) is 0 Å². The fraction of sp³-hybridized carbons (Fsp3) is 0.308. The van der Waals surface area contributed by atoms with Gasteiger partial charge in [0.2, 0.25) is 5.91 Å². The average Bonchev–Trinajstić information content (AvgIpc) is 2.72. The molecule has 1 aromatic heterocycles. The summed E-state index contributed by atoms with van der Waals surface area (Å²) in [6.45, 7) is 1.22. The molecule has 2 rings (SSSR count). The van der Waals surface area contributed by atoms with Crippen molar-refractivity contribution in [3.63, 3.8) is 0 Å². The third-order valence-corrected chi connectivity index (χ3v) is 3.02. The first kappa shape index (κ1) is 12.9. The zero-order chi connectivity index (χ0) is 13.0. The van der Waals surface area contributed by atoms with Crippen LogP contribution in [0.15, 0.2) is 24.4 Å². The van der Waals surface area contributed by atoms with Crippen LogP contribution in [-0.4, -0.2) is 24.0 Å². The van der Waals surface area contributed by atoms with Gasteiger partial charge in [-0.3, -0.25) is 4.79 Å². The van der Waals surface area contributed by atoms with E-state index in [1.807, 2.05) is 24.4 Å². The number of benzene rings is 1. The second-order valence-electron chi connectivity index (χ2n) is 4.17. The van der Waals surface area contributed by atoms with Crippen LogP contribution >= 0.6 is 11.6 Å². The van der Waals surface area contributed by atoms with E-state index in [4.69, 9.17) is 17.3 Å². The van der Waals surface area contributed by atoms with Gasteiger partial charge in [0.1, 0.15) is 0 Å². The van der Waals surface area contributed by atoms with Crippen LogP contribution in [0.25, 0.3) is 10.9 Å². The molecule has 0 unspecified atom stereocenters. The first-order chi connectivity index (χ1) is 8.70. The minimum Gasteiger partial charge on any atom is -0.361 e. The van der Waals surface area contributed by atoms with Crippen LogP contribution in [0.1, 0.15) is 12.0 Å². The minimum atomic E-state index is 0.0132. The third-order valence-electron chi connectivity index (χ3n) is 2.78. The average molecular weight is 266 g/mol. The highest BCUT2D eigenvalue weighted by atomic mass is 35.5. The maximum Gasteiger partial charge on any atom is 0.224 e.